The molecule has 0 saturated carbocycles. The zero-order valence-corrected chi connectivity index (χ0v) is 17.5. The molecule has 1 saturated heterocycles. The maximum absolute atomic E-state index is 13.3. The van der Waals surface area contributed by atoms with Crippen LogP contribution in [0.4, 0.5) is 23.7 Å². The number of nitrogens with one attached hydrogen (secondary N) is 1. The van der Waals surface area contributed by atoms with Crippen LogP contribution in [0.1, 0.15) is 24.6 Å². The quantitative estimate of drug-likeness (QED) is 0.771. The number of carbonyl (C=O) groups excluding carboxylic acids is 1. The molecule has 2 heterocycles. The number of halogens is 3. The van der Waals surface area contributed by atoms with Crippen LogP contribution in [0.5, 0.6) is 0 Å². The molecule has 2 unspecified atom stereocenters. The Morgan fingerprint density at radius 1 is 1.22 bits per heavy atom. The predicted octanol–water partition coefficient (Wildman–Crippen LogP) is 3.84. The van der Waals surface area contributed by atoms with Crippen LogP contribution in [0.25, 0.3) is 0 Å². The van der Waals surface area contributed by atoms with Gasteiger partial charge in [-0.15, -0.1) is 10.2 Å². The van der Waals surface area contributed by atoms with Gasteiger partial charge in [0.25, 0.3) is 0 Å². The maximum atomic E-state index is 13.3. The van der Waals surface area contributed by atoms with Gasteiger partial charge in [0.15, 0.2) is 0 Å². The van der Waals surface area contributed by atoms with Gasteiger partial charge < -0.3 is 14.6 Å². The van der Waals surface area contributed by atoms with Gasteiger partial charge in [-0.3, -0.25) is 4.90 Å². The monoisotopic (exact) mass is 447 g/mol. The Labute approximate surface area is 183 Å². The standard InChI is InChI=1S/C22H24F3N5O2/c1-15-13-16(7-8-18(15)19-27-28-20(32-19)22(23,24)25)14-30(17-5-3-2-4-6-17)21(31)29-11-9-26-10-12-29/h2-8,13,15,18,26H,9-12,14H2,1H3. The summed E-state index contributed by atoms with van der Waals surface area (Å²) in [7, 11) is 0. The van der Waals surface area contributed by atoms with E-state index in [1.807, 2.05) is 54.3 Å². The number of piperazine rings is 1. The Hall–Kier alpha value is -3.14. The second-order valence-corrected chi connectivity index (χ2v) is 7.87. The van der Waals surface area contributed by atoms with Crippen LogP contribution in [0, 0.1) is 5.92 Å². The average molecular weight is 447 g/mol. The smallest absolute Gasteiger partial charge is 0.417 e. The molecule has 1 aromatic carbocycles. The summed E-state index contributed by atoms with van der Waals surface area (Å²) in [4.78, 5) is 16.8. The normalized spacial score (nSPS) is 21.4. The van der Waals surface area contributed by atoms with E-state index >= 15 is 0 Å². The second kappa shape index (κ2) is 9.15. The fourth-order valence-corrected chi connectivity index (χ4v) is 3.88. The van der Waals surface area contributed by atoms with Crippen LogP contribution in [0.15, 0.2) is 58.6 Å². The van der Waals surface area contributed by atoms with E-state index in [1.54, 1.807) is 11.0 Å². The number of hydrogen-bond acceptors (Lipinski definition) is 5. The summed E-state index contributed by atoms with van der Waals surface area (Å²) in [5.74, 6) is -2.06. The highest BCUT2D eigenvalue weighted by Gasteiger charge is 2.39. The second-order valence-electron chi connectivity index (χ2n) is 7.87. The largest absolute Gasteiger partial charge is 0.470 e. The molecule has 0 bridgehead atoms. The first-order valence-electron chi connectivity index (χ1n) is 10.4. The summed E-state index contributed by atoms with van der Waals surface area (Å²) in [6, 6.07) is 9.35. The summed E-state index contributed by atoms with van der Waals surface area (Å²) < 4.78 is 43.2. The van der Waals surface area contributed by atoms with Crippen LogP contribution in [-0.4, -0.2) is 53.9 Å². The van der Waals surface area contributed by atoms with Crippen molar-refractivity contribution < 1.29 is 22.4 Å². The molecule has 1 N–H and O–H groups in total. The zero-order chi connectivity index (χ0) is 22.7. The van der Waals surface area contributed by atoms with Crippen molar-refractivity contribution in [2.75, 3.05) is 37.6 Å². The van der Waals surface area contributed by atoms with Gasteiger partial charge in [-0.2, -0.15) is 13.2 Å². The predicted molar refractivity (Wildman–Crippen MR) is 112 cm³/mol. The number of urea groups is 1. The molecule has 10 heteroatoms. The first kappa shape index (κ1) is 22.1. The molecule has 32 heavy (non-hydrogen) atoms. The van der Waals surface area contributed by atoms with Crippen molar-refractivity contribution >= 4 is 11.7 Å². The average Bonchev–Trinajstić information content (AvgIpc) is 3.29. The first-order valence-corrected chi connectivity index (χ1v) is 10.4. The van der Waals surface area contributed by atoms with Crippen molar-refractivity contribution in [1.29, 1.82) is 0 Å². The molecule has 2 aliphatic rings. The molecule has 0 radical (unpaired) electrons. The van der Waals surface area contributed by atoms with E-state index < -0.39 is 18.0 Å². The van der Waals surface area contributed by atoms with E-state index in [9.17, 15) is 18.0 Å². The van der Waals surface area contributed by atoms with Gasteiger partial charge in [-0.1, -0.05) is 43.4 Å². The highest BCUT2D eigenvalue weighted by molar-refractivity contribution is 5.92. The maximum Gasteiger partial charge on any atom is 0.470 e. The van der Waals surface area contributed by atoms with Gasteiger partial charge in [0.2, 0.25) is 5.89 Å². The molecule has 7 nitrogen and oxygen atoms in total. The van der Waals surface area contributed by atoms with E-state index in [-0.39, 0.29) is 17.8 Å². The third-order valence-electron chi connectivity index (χ3n) is 5.56. The van der Waals surface area contributed by atoms with Crippen LogP contribution in [-0.2, 0) is 6.18 Å². The molecule has 4 rings (SSSR count). The van der Waals surface area contributed by atoms with Crippen LogP contribution < -0.4 is 10.2 Å². The van der Waals surface area contributed by atoms with Crippen molar-refractivity contribution in [2.45, 2.75) is 19.0 Å². The van der Waals surface area contributed by atoms with E-state index in [1.165, 1.54) is 0 Å². The van der Waals surface area contributed by atoms with Crippen molar-refractivity contribution in [3.63, 3.8) is 0 Å². The Morgan fingerprint density at radius 3 is 2.56 bits per heavy atom. The Morgan fingerprint density at radius 2 is 1.94 bits per heavy atom. The molecular weight excluding hydrogens is 423 g/mol. The van der Waals surface area contributed by atoms with E-state index in [2.05, 4.69) is 15.5 Å². The van der Waals surface area contributed by atoms with Gasteiger partial charge in [0.1, 0.15) is 0 Å². The minimum atomic E-state index is -4.67. The topological polar surface area (TPSA) is 74.5 Å². The number of amides is 2. The third kappa shape index (κ3) is 4.85. The molecule has 170 valence electrons. The van der Waals surface area contributed by atoms with Crippen LogP contribution >= 0.6 is 0 Å². The number of carbonyl (C=O) groups is 1. The van der Waals surface area contributed by atoms with Crippen molar-refractivity contribution in [3.05, 3.63) is 65.9 Å². The molecule has 2 aromatic rings. The van der Waals surface area contributed by atoms with Crippen molar-refractivity contribution in [2.24, 2.45) is 5.92 Å². The third-order valence-corrected chi connectivity index (χ3v) is 5.56. The lowest BCUT2D eigenvalue weighted by Crippen LogP contribution is -2.52. The Balaban J connectivity index is 1.52. The highest BCUT2D eigenvalue weighted by Crippen LogP contribution is 2.35. The number of aromatic nitrogens is 2. The fourth-order valence-electron chi connectivity index (χ4n) is 3.88. The molecule has 1 aliphatic heterocycles. The van der Waals surface area contributed by atoms with Gasteiger partial charge in [-0.05, 0) is 23.6 Å². The minimum Gasteiger partial charge on any atom is -0.417 e. The van der Waals surface area contributed by atoms with Gasteiger partial charge in [0, 0.05) is 31.9 Å². The lowest BCUT2D eigenvalue weighted by atomic mass is 9.87. The van der Waals surface area contributed by atoms with E-state index in [0.717, 1.165) is 24.4 Å². The van der Waals surface area contributed by atoms with Crippen molar-refractivity contribution in [3.8, 4) is 0 Å². The summed E-state index contributed by atoms with van der Waals surface area (Å²) in [6.07, 6.45) is 0.826. The summed E-state index contributed by atoms with van der Waals surface area (Å²) in [6.45, 7) is 4.98. The number of benzene rings is 1. The van der Waals surface area contributed by atoms with E-state index in [0.29, 0.717) is 19.6 Å². The Bertz CT molecular complexity index is 996. The SMILES string of the molecule is CC1C=C(CN(C(=O)N2CCNCC2)c2ccccc2)C=CC1c1nnc(C(F)(F)F)o1. The van der Waals surface area contributed by atoms with Gasteiger partial charge >= 0.3 is 18.1 Å². The van der Waals surface area contributed by atoms with Crippen LogP contribution in [0.3, 0.4) is 0 Å². The van der Waals surface area contributed by atoms with Crippen LogP contribution in [0.2, 0.25) is 0 Å². The molecule has 0 spiro atoms. The molecular formula is C22H24F3N5O2. The summed E-state index contributed by atoms with van der Waals surface area (Å²) in [5.41, 5.74) is 1.67. The highest BCUT2D eigenvalue weighted by atomic mass is 19.4. The number of alkyl halides is 3. The molecule has 1 aromatic heterocycles. The fraction of sp³-hybridized carbons (Fsp3) is 0.409. The van der Waals surface area contributed by atoms with Crippen molar-refractivity contribution in [1.82, 2.24) is 20.4 Å². The molecule has 1 fully saturated rings. The lowest BCUT2D eigenvalue weighted by Gasteiger charge is -2.34. The molecule has 2 atom stereocenters. The molecule has 1 aliphatic carbocycles. The Kier molecular flexibility index (Phi) is 6.31. The summed E-state index contributed by atoms with van der Waals surface area (Å²) in [5, 5.41) is 9.95. The first-order chi connectivity index (χ1) is 15.3. The number of allylic oxidation sites excluding steroid dienone is 2. The number of para-hydroxylation sites is 1. The minimum absolute atomic E-state index is 0.0755. The summed E-state index contributed by atoms with van der Waals surface area (Å²) >= 11 is 0. The number of hydrogen-bond donors (Lipinski definition) is 1. The lowest BCUT2D eigenvalue weighted by molar-refractivity contribution is -0.157. The van der Waals surface area contributed by atoms with Gasteiger partial charge in [0.05, 0.1) is 12.5 Å². The number of nitrogens with zero attached hydrogens (tertiary/aromatic N) is 4. The van der Waals surface area contributed by atoms with Gasteiger partial charge in [-0.25, -0.2) is 4.79 Å². The van der Waals surface area contributed by atoms with E-state index in [4.69, 9.17) is 4.42 Å². The number of anilines is 1. The number of rotatable bonds is 4. The zero-order valence-electron chi connectivity index (χ0n) is 17.5. The molecule has 2 amide bonds.